The van der Waals surface area contributed by atoms with Gasteiger partial charge in [-0.3, -0.25) is 10.6 Å². The molecule has 11 heavy (non-hydrogen) atoms. The molecule has 6 heteroatoms. The van der Waals surface area contributed by atoms with Gasteiger partial charge in [0, 0.05) is 0 Å². The van der Waals surface area contributed by atoms with E-state index in [-0.39, 0.29) is 12.4 Å². The lowest BCUT2D eigenvalue weighted by Crippen LogP contribution is -2.41. The van der Waals surface area contributed by atoms with Crippen LogP contribution in [0.2, 0.25) is 0 Å². The van der Waals surface area contributed by atoms with Gasteiger partial charge in [-0.2, -0.15) is 0 Å². The van der Waals surface area contributed by atoms with E-state index >= 15 is 0 Å². The highest BCUT2D eigenvalue weighted by molar-refractivity contribution is 5.85. The van der Waals surface area contributed by atoms with Gasteiger partial charge >= 0.3 is 5.97 Å². The molecule has 0 aromatic carbocycles. The zero-order valence-corrected chi connectivity index (χ0v) is 6.93. The van der Waals surface area contributed by atoms with Gasteiger partial charge in [0.1, 0.15) is 6.04 Å². The zero-order chi connectivity index (χ0) is 7.98. The van der Waals surface area contributed by atoms with Crippen LogP contribution in [0.1, 0.15) is 12.8 Å². The number of carboxylic acids is 1. The Morgan fingerprint density at radius 1 is 1.64 bits per heavy atom. The van der Waals surface area contributed by atoms with Gasteiger partial charge in [0.15, 0.2) is 0 Å². The molecular weight excluding hydrogens is 170 g/mol. The summed E-state index contributed by atoms with van der Waals surface area (Å²) >= 11 is 0. The second-order valence-corrected chi connectivity index (χ2v) is 1.99. The molecule has 0 saturated heterocycles. The van der Waals surface area contributed by atoms with Crippen LogP contribution in [0.3, 0.4) is 0 Å². The molecule has 0 fully saturated rings. The highest BCUT2D eigenvalue weighted by Crippen LogP contribution is 1.93. The standard InChI is InChI=1S/C5H13N3O2.ClH/c6-3-1-2-4(8-7)5(9)10;/h4,8H,1-3,6-7H2,(H,9,10);1H/t4-;/m1./s1. The van der Waals surface area contributed by atoms with Crippen molar-refractivity contribution in [1.29, 1.82) is 0 Å². The summed E-state index contributed by atoms with van der Waals surface area (Å²) < 4.78 is 0. The minimum atomic E-state index is -0.934. The van der Waals surface area contributed by atoms with E-state index < -0.39 is 12.0 Å². The Labute approximate surface area is 71.5 Å². The van der Waals surface area contributed by atoms with Crippen LogP contribution in [-0.4, -0.2) is 23.7 Å². The second kappa shape index (κ2) is 7.74. The molecule has 0 heterocycles. The minimum Gasteiger partial charge on any atom is -0.480 e. The molecule has 5 nitrogen and oxygen atoms in total. The van der Waals surface area contributed by atoms with Crippen molar-refractivity contribution in [2.75, 3.05) is 6.54 Å². The van der Waals surface area contributed by atoms with Crippen LogP contribution in [0.15, 0.2) is 0 Å². The summed E-state index contributed by atoms with van der Waals surface area (Å²) in [5.41, 5.74) is 7.35. The fourth-order valence-electron chi connectivity index (χ4n) is 0.600. The van der Waals surface area contributed by atoms with E-state index in [0.717, 1.165) is 0 Å². The summed E-state index contributed by atoms with van der Waals surface area (Å²) in [6.45, 7) is 0.492. The Bertz CT molecular complexity index is 112. The van der Waals surface area contributed by atoms with Crippen molar-refractivity contribution in [3.8, 4) is 0 Å². The van der Waals surface area contributed by atoms with Crippen molar-refractivity contribution in [3.05, 3.63) is 0 Å². The van der Waals surface area contributed by atoms with Crippen molar-refractivity contribution in [3.63, 3.8) is 0 Å². The molecule has 0 spiro atoms. The predicted molar refractivity (Wildman–Crippen MR) is 44.3 cm³/mol. The molecule has 0 amide bonds. The topological polar surface area (TPSA) is 101 Å². The Morgan fingerprint density at radius 3 is 2.45 bits per heavy atom. The Balaban J connectivity index is 0. The van der Waals surface area contributed by atoms with Gasteiger partial charge in [0.2, 0.25) is 0 Å². The van der Waals surface area contributed by atoms with Crippen LogP contribution in [0.25, 0.3) is 0 Å². The fourth-order valence-corrected chi connectivity index (χ4v) is 0.600. The molecule has 0 unspecified atom stereocenters. The molecule has 0 radical (unpaired) electrons. The first-order valence-electron chi connectivity index (χ1n) is 3.11. The van der Waals surface area contributed by atoms with Gasteiger partial charge in [-0.05, 0) is 19.4 Å². The van der Waals surface area contributed by atoms with Crippen molar-refractivity contribution in [2.45, 2.75) is 18.9 Å². The Hall–Kier alpha value is -0.360. The van der Waals surface area contributed by atoms with E-state index in [9.17, 15) is 4.79 Å². The number of hydrazine groups is 1. The lowest BCUT2D eigenvalue weighted by molar-refractivity contribution is -0.139. The molecule has 0 bridgehead atoms. The number of aliphatic carboxylic acids is 1. The third-order valence-corrected chi connectivity index (χ3v) is 1.20. The molecule has 68 valence electrons. The van der Waals surface area contributed by atoms with E-state index in [4.69, 9.17) is 16.7 Å². The highest BCUT2D eigenvalue weighted by Gasteiger charge is 2.13. The number of halogens is 1. The molecule has 0 aliphatic carbocycles. The number of carbonyl (C=O) groups is 1. The first-order valence-corrected chi connectivity index (χ1v) is 3.11. The lowest BCUT2D eigenvalue weighted by atomic mass is 10.2. The zero-order valence-electron chi connectivity index (χ0n) is 6.12. The quantitative estimate of drug-likeness (QED) is 0.326. The summed E-state index contributed by atoms with van der Waals surface area (Å²) in [5, 5.41) is 8.42. The van der Waals surface area contributed by atoms with Crippen molar-refractivity contribution in [1.82, 2.24) is 5.43 Å². The third-order valence-electron chi connectivity index (χ3n) is 1.20. The van der Waals surface area contributed by atoms with Crippen LogP contribution in [0.4, 0.5) is 0 Å². The maximum absolute atomic E-state index is 10.3. The largest absolute Gasteiger partial charge is 0.480 e. The van der Waals surface area contributed by atoms with Crippen LogP contribution < -0.4 is 17.0 Å². The smallest absolute Gasteiger partial charge is 0.322 e. The Morgan fingerprint density at radius 2 is 2.18 bits per heavy atom. The average molecular weight is 184 g/mol. The average Bonchev–Trinajstić information content (AvgIpc) is 1.89. The number of carboxylic acid groups (broad SMARTS) is 1. The van der Waals surface area contributed by atoms with Crippen LogP contribution in [0, 0.1) is 0 Å². The van der Waals surface area contributed by atoms with Crippen molar-refractivity contribution in [2.24, 2.45) is 11.6 Å². The van der Waals surface area contributed by atoms with E-state index in [1.54, 1.807) is 0 Å². The van der Waals surface area contributed by atoms with E-state index in [2.05, 4.69) is 5.43 Å². The molecule has 0 aromatic rings. The number of hydrogen-bond acceptors (Lipinski definition) is 4. The van der Waals surface area contributed by atoms with E-state index in [0.29, 0.717) is 19.4 Å². The first-order chi connectivity index (χ1) is 4.72. The molecule has 1 atom stereocenters. The van der Waals surface area contributed by atoms with Gasteiger partial charge in [-0.25, -0.2) is 5.43 Å². The molecule has 0 aliphatic rings. The van der Waals surface area contributed by atoms with Gasteiger partial charge in [-0.15, -0.1) is 12.4 Å². The third kappa shape index (κ3) is 6.05. The number of nitrogens with one attached hydrogen (secondary N) is 1. The van der Waals surface area contributed by atoms with Crippen LogP contribution >= 0.6 is 12.4 Å². The summed E-state index contributed by atoms with van der Waals surface area (Å²) in [7, 11) is 0. The highest BCUT2D eigenvalue weighted by atomic mass is 35.5. The maximum atomic E-state index is 10.3. The molecule has 6 N–H and O–H groups in total. The monoisotopic (exact) mass is 183 g/mol. The molecular formula is C5H14ClN3O2. The SMILES string of the molecule is Cl.NCCC[C@@H](NN)C(=O)O. The van der Waals surface area contributed by atoms with Crippen molar-refractivity contribution >= 4 is 18.4 Å². The van der Waals surface area contributed by atoms with Gasteiger partial charge in [0.05, 0.1) is 0 Å². The van der Waals surface area contributed by atoms with Crippen LogP contribution in [-0.2, 0) is 4.79 Å². The predicted octanol–water partition coefficient (Wildman–Crippen LogP) is -0.936. The molecule has 0 saturated carbocycles. The fraction of sp³-hybridized carbons (Fsp3) is 0.800. The summed E-state index contributed by atoms with van der Waals surface area (Å²) in [4.78, 5) is 10.3. The number of nitrogens with two attached hydrogens (primary N) is 2. The first kappa shape index (κ1) is 13.2. The number of rotatable bonds is 5. The van der Waals surface area contributed by atoms with E-state index in [1.807, 2.05) is 0 Å². The maximum Gasteiger partial charge on any atom is 0.322 e. The summed E-state index contributed by atoms with van der Waals surface area (Å²) in [6.07, 6.45) is 1.14. The van der Waals surface area contributed by atoms with Gasteiger partial charge in [0.25, 0.3) is 0 Å². The lowest BCUT2D eigenvalue weighted by Gasteiger charge is -2.08. The van der Waals surface area contributed by atoms with Gasteiger partial charge < -0.3 is 10.8 Å². The number of hydrogen-bond donors (Lipinski definition) is 4. The summed E-state index contributed by atoms with van der Waals surface area (Å²) in [5.74, 6) is 4.01. The molecule has 0 rings (SSSR count). The van der Waals surface area contributed by atoms with Crippen LogP contribution in [0.5, 0.6) is 0 Å². The Kier molecular flexibility index (Phi) is 9.32. The molecule has 0 aromatic heterocycles. The summed E-state index contributed by atoms with van der Waals surface area (Å²) in [6, 6.07) is -0.663. The second-order valence-electron chi connectivity index (χ2n) is 1.99. The van der Waals surface area contributed by atoms with Crippen molar-refractivity contribution < 1.29 is 9.90 Å². The normalized spacial score (nSPS) is 11.8. The van der Waals surface area contributed by atoms with E-state index in [1.165, 1.54) is 0 Å². The molecule has 0 aliphatic heterocycles. The van der Waals surface area contributed by atoms with Gasteiger partial charge in [-0.1, -0.05) is 0 Å². The minimum absolute atomic E-state index is 0.